The molecule has 0 saturated carbocycles. The molecule has 0 atom stereocenters. The van der Waals surface area contributed by atoms with E-state index in [0.717, 1.165) is 6.21 Å². The van der Waals surface area contributed by atoms with E-state index in [-0.39, 0.29) is 5.56 Å². The number of aromatic hydroxyl groups is 1. The molecule has 0 saturated heterocycles. The quantitative estimate of drug-likeness (QED) is 0.433. The van der Waals surface area contributed by atoms with E-state index in [9.17, 15) is 14.3 Å². The van der Waals surface area contributed by atoms with E-state index in [4.69, 9.17) is 5.73 Å². The Kier molecular flexibility index (Phi) is 3.83. The number of phenolic OH excluding ortho intramolecular Hbond substituents is 1. The molecule has 0 heterocycles. The number of nitrogens with one attached hydrogen (secondary N) is 1. The number of benzene rings is 1. The third-order valence-electron chi connectivity index (χ3n) is 1.48. The minimum atomic E-state index is -0.836. The summed E-state index contributed by atoms with van der Waals surface area (Å²) in [5, 5.41) is 12.7. The average molecular weight is 323 g/mol. The van der Waals surface area contributed by atoms with Gasteiger partial charge in [-0.05, 0) is 34.7 Å². The maximum Gasteiger partial charge on any atom is 0.332 e. The number of phenols is 1. The molecule has 0 spiro atoms. The van der Waals surface area contributed by atoms with Crippen LogP contribution in [-0.2, 0) is 0 Å². The van der Waals surface area contributed by atoms with E-state index in [1.165, 1.54) is 12.1 Å². The van der Waals surface area contributed by atoms with Gasteiger partial charge >= 0.3 is 6.03 Å². The van der Waals surface area contributed by atoms with Gasteiger partial charge in [0.15, 0.2) is 11.6 Å². The molecule has 0 aromatic heterocycles. The lowest BCUT2D eigenvalue weighted by atomic mass is 10.2. The molecular formula is C8H7FIN3O2. The SMILES string of the molecule is NC(=O)NN=Cc1ccc(I)c(F)c1O. The van der Waals surface area contributed by atoms with Crippen LogP contribution < -0.4 is 11.2 Å². The van der Waals surface area contributed by atoms with Crippen molar-refractivity contribution in [2.45, 2.75) is 0 Å². The summed E-state index contributed by atoms with van der Waals surface area (Å²) in [6.45, 7) is 0. The van der Waals surface area contributed by atoms with Crippen molar-refractivity contribution in [1.29, 1.82) is 0 Å². The molecular weight excluding hydrogens is 316 g/mol. The van der Waals surface area contributed by atoms with E-state index < -0.39 is 17.6 Å². The number of primary amides is 1. The van der Waals surface area contributed by atoms with Gasteiger partial charge in [0.1, 0.15) is 0 Å². The molecule has 0 aliphatic heterocycles. The van der Waals surface area contributed by atoms with Crippen LogP contribution in [0.5, 0.6) is 5.75 Å². The highest BCUT2D eigenvalue weighted by atomic mass is 127. The van der Waals surface area contributed by atoms with E-state index >= 15 is 0 Å². The number of hydrazone groups is 1. The van der Waals surface area contributed by atoms with Gasteiger partial charge in [-0.1, -0.05) is 0 Å². The predicted octanol–water partition coefficient (Wildman–Crippen LogP) is 1.14. The lowest BCUT2D eigenvalue weighted by Crippen LogP contribution is -2.24. The number of carbonyl (C=O) groups excluding carboxylic acids is 1. The summed E-state index contributed by atoms with van der Waals surface area (Å²) >= 11 is 1.75. The summed E-state index contributed by atoms with van der Waals surface area (Å²) in [7, 11) is 0. The van der Waals surface area contributed by atoms with Gasteiger partial charge in [-0.2, -0.15) is 5.10 Å². The molecule has 15 heavy (non-hydrogen) atoms. The number of carbonyl (C=O) groups is 1. The molecule has 0 radical (unpaired) electrons. The Morgan fingerprint density at radius 3 is 2.93 bits per heavy atom. The monoisotopic (exact) mass is 323 g/mol. The smallest absolute Gasteiger partial charge is 0.332 e. The average Bonchev–Trinajstić information content (AvgIpc) is 2.18. The Hall–Kier alpha value is -1.38. The second-order valence-corrected chi connectivity index (χ2v) is 3.70. The van der Waals surface area contributed by atoms with Crippen LogP contribution in [0.2, 0.25) is 0 Å². The first-order valence-corrected chi connectivity index (χ1v) is 4.85. The van der Waals surface area contributed by atoms with Crippen molar-refractivity contribution in [3.8, 4) is 5.75 Å². The van der Waals surface area contributed by atoms with E-state index in [1.54, 1.807) is 22.6 Å². The van der Waals surface area contributed by atoms with Crippen molar-refractivity contribution in [1.82, 2.24) is 5.43 Å². The first kappa shape index (κ1) is 11.7. The van der Waals surface area contributed by atoms with Crippen LogP contribution in [0.3, 0.4) is 0 Å². The van der Waals surface area contributed by atoms with Gasteiger partial charge in [-0.15, -0.1) is 0 Å². The molecule has 0 bridgehead atoms. The van der Waals surface area contributed by atoms with Crippen molar-refractivity contribution in [3.05, 3.63) is 27.1 Å². The van der Waals surface area contributed by atoms with Crippen LogP contribution in [0, 0.1) is 9.39 Å². The molecule has 80 valence electrons. The van der Waals surface area contributed by atoms with Gasteiger partial charge in [0.05, 0.1) is 9.78 Å². The number of rotatable bonds is 2. The van der Waals surface area contributed by atoms with Gasteiger partial charge in [-0.3, -0.25) is 0 Å². The lowest BCUT2D eigenvalue weighted by molar-refractivity contribution is 0.249. The van der Waals surface area contributed by atoms with E-state index in [2.05, 4.69) is 5.10 Å². The number of nitrogens with zero attached hydrogens (tertiary/aromatic N) is 1. The topological polar surface area (TPSA) is 87.7 Å². The van der Waals surface area contributed by atoms with Crippen molar-refractivity contribution in [2.75, 3.05) is 0 Å². The molecule has 1 rings (SSSR count). The first-order chi connectivity index (χ1) is 7.02. The Labute approximate surface area is 98.3 Å². The fourth-order valence-corrected chi connectivity index (χ4v) is 1.26. The number of halogens is 2. The molecule has 2 amide bonds. The number of hydrogen-bond donors (Lipinski definition) is 3. The molecule has 1 aromatic carbocycles. The Balaban J connectivity index is 2.92. The number of hydrogen-bond acceptors (Lipinski definition) is 3. The molecule has 5 nitrogen and oxygen atoms in total. The standard InChI is InChI=1S/C8H7FIN3O2/c9-6-5(10)2-1-4(7(6)14)3-12-13-8(11)15/h1-3,14H,(H3,11,13,15). The van der Waals surface area contributed by atoms with Crippen LogP contribution in [0.1, 0.15) is 5.56 Å². The van der Waals surface area contributed by atoms with E-state index in [1.807, 2.05) is 5.43 Å². The minimum absolute atomic E-state index is 0.154. The van der Waals surface area contributed by atoms with Crippen LogP contribution in [0.25, 0.3) is 0 Å². The van der Waals surface area contributed by atoms with Gasteiger partial charge < -0.3 is 10.8 Å². The zero-order chi connectivity index (χ0) is 11.4. The minimum Gasteiger partial charge on any atom is -0.504 e. The summed E-state index contributed by atoms with van der Waals surface area (Å²) in [5.74, 6) is -1.24. The lowest BCUT2D eigenvalue weighted by Gasteiger charge is -2.01. The highest BCUT2D eigenvalue weighted by Gasteiger charge is 2.08. The largest absolute Gasteiger partial charge is 0.504 e. The van der Waals surface area contributed by atoms with Crippen LogP contribution in [0.15, 0.2) is 17.2 Å². The van der Waals surface area contributed by atoms with Gasteiger partial charge in [0.2, 0.25) is 0 Å². The molecule has 1 aromatic rings. The highest BCUT2D eigenvalue weighted by Crippen LogP contribution is 2.23. The number of amides is 2. The Morgan fingerprint density at radius 2 is 2.33 bits per heavy atom. The summed E-state index contributed by atoms with van der Waals surface area (Å²) in [6.07, 6.45) is 1.10. The normalized spacial score (nSPS) is 10.5. The van der Waals surface area contributed by atoms with E-state index in [0.29, 0.717) is 3.57 Å². The summed E-state index contributed by atoms with van der Waals surface area (Å²) < 4.78 is 13.4. The molecule has 4 N–H and O–H groups in total. The molecule has 0 aliphatic carbocycles. The van der Waals surface area contributed by atoms with Crippen molar-refractivity contribution in [3.63, 3.8) is 0 Å². The van der Waals surface area contributed by atoms with Gasteiger partial charge in [0.25, 0.3) is 0 Å². The fourth-order valence-electron chi connectivity index (χ4n) is 0.824. The van der Waals surface area contributed by atoms with Crippen molar-refractivity contribution in [2.24, 2.45) is 10.8 Å². The van der Waals surface area contributed by atoms with Crippen molar-refractivity contribution < 1.29 is 14.3 Å². The second kappa shape index (κ2) is 4.91. The third kappa shape index (κ3) is 3.05. The molecule has 0 aliphatic rings. The summed E-state index contributed by atoms with van der Waals surface area (Å²) in [5.41, 5.74) is 6.83. The van der Waals surface area contributed by atoms with Crippen molar-refractivity contribution >= 4 is 34.8 Å². The predicted molar refractivity (Wildman–Crippen MR) is 61.1 cm³/mol. The zero-order valence-electron chi connectivity index (χ0n) is 7.37. The van der Waals surface area contributed by atoms with Crippen LogP contribution in [0.4, 0.5) is 9.18 Å². The summed E-state index contributed by atoms with van der Waals surface area (Å²) in [6, 6.07) is 2.10. The number of urea groups is 1. The maximum absolute atomic E-state index is 13.1. The zero-order valence-corrected chi connectivity index (χ0v) is 9.53. The van der Waals surface area contributed by atoms with Crippen LogP contribution in [-0.4, -0.2) is 17.4 Å². The number of nitrogens with two attached hydrogens (primary N) is 1. The first-order valence-electron chi connectivity index (χ1n) is 3.78. The van der Waals surface area contributed by atoms with Gasteiger partial charge in [0, 0.05) is 5.56 Å². The highest BCUT2D eigenvalue weighted by molar-refractivity contribution is 14.1. The van der Waals surface area contributed by atoms with Crippen LogP contribution >= 0.6 is 22.6 Å². The fraction of sp³-hybridized carbons (Fsp3) is 0. The third-order valence-corrected chi connectivity index (χ3v) is 2.31. The second-order valence-electron chi connectivity index (χ2n) is 2.53. The molecule has 7 heteroatoms. The Bertz CT molecular complexity index is 423. The Morgan fingerprint density at radius 1 is 1.67 bits per heavy atom. The molecule has 0 unspecified atom stereocenters. The molecule has 0 fully saturated rings. The summed E-state index contributed by atoms with van der Waals surface area (Å²) in [4.78, 5) is 10.3. The van der Waals surface area contributed by atoms with Gasteiger partial charge in [-0.25, -0.2) is 14.6 Å². The maximum atomic E-state index is 13.1.